The summed E-state index contributed by atoms with van der Waals surface area (Å²) in [4.78, 5) is 11.0. The van der Waals surface area contributed by atoms with E-state index >= 15 is 0 Å². The molecule has 0 radical (unpaired) electrons. The van der Waals surface area contributed by atoms with E-state index in [0.29, 0.717) is 32.5 Å². The number of nitrogens with two attached hydrogens (primary N) is 3. The highest BCUT2D eigenvalue weighted by Gasteiger charge is 2.06. The molecule has 7 N–H and O–H groups in total. The highest BCUT2D eigenvalue weighted by Crippen LogP contribution is 1.91. The first-order valence-electron chi connectivity index (χ1n) is 4.13. The van der Waals surface area contributed by atoms with E-state index in [4.69, 9.17) is 17.2 Å². The van der Waals surface area contributed by atoms with Gasteiger partial charge in [0.1, 0.15) is 0 Å². The van der Waals surface area contributed by atoms with E-state index in [-0.39, 0.29) is 11.9 Å². The third-order valence-electron chi connectivity index (χ3n) is 1.45. The molecule has 1 atom stereocenters. The SMILES string of the molecule is NCCNC(=O)C[C@H](N)CCN. The largest absolute Gasteiger partial charge is 0.355 e. The summed E-state index contributed by atoms with van der Waals surface area (Å²) in [6.07, 6.45) is 1.01. The van der Waals surface area contributed by atoms with Crippen LogP contribution in [0.2, 0.25) is 0 Å². The Morgan fingerprint density at radius 3 is 2.50 bits per heavy atom. The molecule has 0 spiro atoms. The van der Waals surface area contributed by atoms with Crippen molar-refractivity contribution < 1.29 is 4.79 Å². The fourth-order valence-electron chi connectivity index (χ4n) is 0.838. The third kappa shape index (κ3) is 6.09. The lowest BCUT2D eigenvalue weighted by Gasteiger charge is -2.09. The van der Waals surface area contributed by atoms with Gasteiger partial charge >= 0.3 is 0 Å². The van der Waals surface area contributed by atoms with Crippen LogP contribution in [0, 0.1) is 0 Å². The minimum absolute atomic E-state index is 0.0543. The van der Waals surface area contributed by atoms with E-state index in [2.05, 4.69) is 5.32 Å². The second-order valence-corrected chi connectivity index (χ2v) is 2.68. The van der Waals surface area contributed by atoms with Gasteiger partial charge in [-0.25, -0.2) is 0 Å². The molecule has 0 aliphatic rings. The van der Waals surface area contributed by atoms with Crippen molar-refractivity contribution in [3.63, 3.8) is 0 Å². The van der Waals surface area contributed by atoms with Crippen LogP contribution in [0.15, 0.2) is 0 Å². The highest BCUT2D eigenvalue weighted by molar-refractivity contribution is 5.76. The van der Waals surface area contributed by atoms with Gasteiger partial charge in [-0.2, -0.15) is 0 Å². The molecule has 12 heavy (non-hydrogen) atoms. The van der Waals surface area contributed by atoms with Crippen LogP contribution in [-0.2, 0) is 4.79 Å². The van der Waals surface area contributed by atoms with Crippen LogP contribution in [0.1, 0.15) is 12.8 Å². The average molecular weight is 174 g/mol. The van der Waals surface area contributed by atoms with Crippen molar-refractivity contribution in [2.24, 2.45) is 17.2 Å². The Morgan fingerprint density at radius 1 is 1.33 bits per heavy atom. The summed E-state index contributed by atoms with van der Waals surface area (Å²) in [5.41, 5.74) is 16.1. The molecule has 72 valence electrons. The van der Waals surface area contributed by atoms with Gasteiger partial charge in [0.25, 0.3) is 0 Å². The van der Waals surface area contributed by atoms with Crippen LogP contribution in [0.5, 0.6) is 0 Å². The zero-order valence-electron chi connectivity index (χ0n) is 7.25. The van der Waals surface area contributed by atoms with Crippen molar-refractivity contribution >= 4 is 5.91 Å². The topological polar surface area (TPSA) is 107 Å². The third-order valence-corrected chi connectivity index (χ3v) is 1.45. The molecule has 5 nitrogen and oxygen atoms in total. The lowest BCUT2D eigenvalue weighted by molar-refractivity contribution is -0.121. The zero-order valence-corrected chi connectivity index (χ0v) is 7.25. The van der Waals surface area contributed by atoms with Gasteiger partial charge in [0.2, 0.25) is 5.91 Å². The molecule has 0 heterocycles. The Kier molecular flexibility index (Phi) is 6.64. The maximum atomic E-state index is 11.0. The maximum absolute atomic E-state index is 11.0. The Bertz CT molecular complexity index is 129. The standard InChI is InChI=1S/C7H18N4O/c8-2-1-6(10)5-7(12)11-4-3-9/h6H,1-5,8-10H2,(H,11,12)/t6-/m1/s1. The van der Waals surface area contributed by atoms with Crippen LogP contribution >= 0.6 is 0 Å². The van der Waals surface area contributed by atoms with Crippen LogP contribution < -0.4 is 22.5 Å². The summed E-state index contributed by atoms with van der Waals surface area (Å²) in [5.74, 6) is -0.0543. The first-order chi connectivity index (χ1) is 5.70. The lowest BCUT2D eigenvalue weighted by Crippen LogP contribution is -2.35. The molecular formula is C7H18N4O. The molecule has 0 aliphatic carbocycles. The first kappa shape index (κ1) is 11.4. The fourth-order valence-corrected chi connectivity index (χ4v) is 0.838. The molecule has 0 bridgehead atoms. The van der Waals surface area contributed by atoms with Crippen LogP contribution in [0.4, 0.5) is 0 Å². The number of rotatable bonds is 6. The van der Waals surface area contributed by atoms with Gasteiger partial charge in [-0.05, 0) is 13.0 Å². The second kappa shape index (κ2) is 7.02. The molecule has 0 saturated carbocycles. The monoisotopic (exact) mass is 174 g/mol. The van der Waals surface area contributed by atoms with Gasteiger partial charge in [0.05, 0.1) is 0 Å². The molecule has 0 fully saturated rings. The molecule has 0 aromatic carbocycles. The van der Waals surface area contributed by atoms with Gasteiger partial charge in [-0.3, -0.25) is 4.79 Å². The minimum atomic E-state index is -0.132. The molecular weight excluding hydrogens is 156 g/mol. The highest BCUT2D eigenvalue weighted by atomic mass is 16.1. The lowest BCUT2D eigenvalue weighted by atomic mass is 10.1. The zero-order chi connectivity index (χ0) is 9.40. The van der Waals surface area contributed by atoms with E-state index in [1.807, 2.05) is 0 Å². The molecule has 0 saturated heterocycles. The first-order valence-corrected chi connectivity index (χ1v) is 4.13. The smallest absolute Gasteiger partial charge is 0.221 e. The number of amides is 1. The van der Waals surface area contributed by atoms with Gasteiger partial charge in [-0.1, -0.05) is 0 Å². The molecule has 0 aliphatic heterocycles. The van der Waals surface area contributed by atoms with E-state index in [0.717, 1.165) is 0 Å². The molecule has 5 heteroatoms. The van der Waals surface area contributed by atoms with Crippen LogP contribution in [0.3, 0.4) is 0 Å². The van der Waals surface area contributed by atoms with Crippen LogP contribution in [0.25, 0.3) is 0 Å². The predicted molar refractivity (Wildman–Crippen MR) is 48.3 cm³/mol. The van der Waals surface area contributed by atoms with Crippen molar-refractivity contribution in [1.29, 1.82) is 0 Å². The summed E-state index contributed by atoms with van der Waals surface area (Å²) in [6.45, 7) is 1.48. The number of nitrogens with one attached hydrogen (secondary N) is 1. The van der Waals surface area contributed by atoms with E-state index in [1.165, 1.54) is 0 Å². The molecule has 0 aromatic heterocycles. The Labute approximate surface area is 72.7 Å². The number of carbonyl (C=O) groups excluding carboxylic acids is 1. The van der Waals surface area contributed by atoms with Gasteiger partial charge in [-0.15, -0.1) is 0 Å². The summed E-state index contributed by atoms with van der Waals surface area (Å²) >= 11 is 0. The molecule has 0 aromatic rings. The summed E-state index contributed by atoms with van der Waals surface area (Å²) in [6, 6.07) is -0.132. The van der Waals surface area contributed by atoms with E-state index in [1.54, 1.807) is 0 Å². The second-order valence-electron chi connectivity index (χ2n) is 2.68. The number of hydrogen-bond acceptors (Lipinski definition) is 4. The quantitative estimate of drug-likeness (QED) is 0.378. The van der Waals surface area contributed by atoms with Gasteiger partial charge in [0.15, 0.2) is 0 Å². The van der Waals surface area contributed by atoms with Gasteiger partial charge in [0, 0.05) is 25.6 Å². The van der Waals surface area contributed by atoms with Crippen molar-refractivity contribution in [2.45, 2.75) is 18.9 Å². The van der Waals surface area contributed by atoms with Crippen molar-refractivity contribution in [3.05, 3.63) is 0 Å². The summed E-state index contributed by atoms with van der Waals surface area (Å²) in [7, 11) is 0. The Balaban J connectivity index is 3.40. The normalized spacial score (nSPS) is 12.6. The molecule has 1 amide bonds. The number of carbonyl (C=O) groups is 1. The Morgan fingerprint density at radius 2 is 2.00 bits per heavy atom. The van der Waals surface area contributed by atoms with Crippen molar-refractivity contribution in [1.82, 2.24) is 5.32 Å². The minimum Gasteiger partial charge on any atom is -0.355 e. The summed E-state index contributed by atoms with van der Waals surface area (Å²) < 4.78 is 0. The van der Waals surface area contributed by atoms with Crippen molar-refractivity contribution in [2.75, 3.05) is 19.6 Å². The summed E-state index contributed by atoms with van der Waals surface area (Å²) in [5, 5.41) is 2.64. The fraction of sp³-hybridized carbons (Fsp3) is 0.857. The average Bonchev–Trinajstić information content (AvgIpc) is 2.01. The number of hydrogen-bond donors (Lipinski definition) is 4. The van der Waals surface area contributed by atoms with Gasteiger partial charge < -0.3 is 22.5 Å². The van der Waals surface area contributed by atoms with E-state index < -0.39 is 0 Å². The molecule has 0 rings (SSSR count). The maximum Gasteiger partial charge on any atom is 0.221 e. The Hall–Kier alpha value is -0.650. The molecule has 0 unspecified atom stereocenters. The van der Waals surface area contributed by atoms with Crippen LogP contribution in [-0.4, -0.2) is 31.6 Å². The predicted octanol–water partition coefficient (Wildman–Crippen LogP) is -1.87. The van der Waals surface area contributed by atoms with Crippen molar-refractivity contribution in [3.8, 4) is 0 Å². The van der Waals surface area contributed by atoms with E-state index in [9.17, 15) is 4.79 Å².